The second-order valence-corrected chi connectivity index (χ2v) is 9.20. The van der Waals surface area contributed by atoms with Gasteiger partial charge in [-0.15, -0.1) is 0 Å². The highest BCUT2D eigenvalue weighted by Gasteiger charge is 2.31. The molecule has 0 spiro atoms. The number of hydrogen-bond acceptors (Lipinski definition) is 7. The molecular weight excluding hydrogens is 440 g/mol. The van der Waals surface area contributed by atoms with Gasteiger partial charge in [0.2, 0.25) is 18.7 Å². The number of carbonyl (C=O) groups is 5. The van der Waals surface area contributed by atoms with Crippen LogP contribution in [0.4, 0.5) is 10.5 Å². The first-order valence-corrected chi connectivity index (χ1v) is 11.4. The maximum absolute atomic E-state index is 13.1. The lowest BCUT2D eigenvalue weighted by molar-refractivity contribution is -0.133. The molecule has 10 nitrogen and oxygen atoms in total. The van der Waals surface area contributed by atoms with Gasteiger partial charge in [0, 0.05) is 37.4 Å². The van der Waals surface area contributed by atoms with E-state index >= 15 is 0 Å². The number of benzene rings is 1. The topological polar surface area (TPSA) is 116 Å². The number of ether oxygens (including phenoxy) is 1. The Balaban J connectivity index is 2.13. The zero-order valence-corrected chi connectivity index (χ0v) is 20.5. The van der Waals surface area contributed by atoms with Crippen LogP contribution in [0.15, 0.2) is 18.2 Å². The lowest BCUT2D eigenvalue weighted by Gasteiger charge is -2.37. The predicted molar refractivity (Wildman–Crippen MR) is 126 cm³/mol. The third-order valence-electron chi connectivity index (χ3n) is 5.49. The summed E-state index contributed by atoms with van der Waals surface area (Å²) >= 11 is 0. The van der Waals surface area contributed by atoms with Gasteiger partial charge in [0.05, 0.1) is 0 Å². The molecule has 186 valence electrons. The van der Waals surface area contributed by atoms with Crippen LogP contribution in [0.1, 0.15) is 56.5 Å². The van der Waals surface area contributed by atoms with E-state index in [2.05, 4.69) is 4.90 Å². The molecule has 1 saturated heterocycles. The van der Waals surface area contributed by atoms with Crippen molar-refractivity contribution in [2.24, 2.45) is 0 Å². The molecule has 0 saturated carbocycles. The van der Waals surface area contributed by atoms with Crippen LogP contribution in [0.25, 0.3) is 0 Å². The van der Waals surface area contributed by atoms with Crippen LogP contribution in [-0.2, 0) is 19.1 Å². The Bertz CT molecular complexity index is 919. The minimum atomic E-state index is -1.07. The number of aryl methyl sites for hydroxylation is 1. The van der Waals surface area contributed by atoms with Crippen LogP contribution in [0.5, 0.6) is 0 Å². The largest absolute Gasteiger partial charge is 0.444 e. The number of amides is 5. The van der Waals surface area contributed by atoms with Crippen molar-refractivity contribution in [2.45, 2.75) is 59.1 Å². The number of carbonyl (C=O) groups excluding carboxylic acids is 5. The molecule has 1 aliphatic heterocycles. The number of piperazine rings is 1. The molecule has 1 fully saturated rings. The molecule has 2 rings (SSSR count). The Labute approximate surface area is 200 Å². The molecule has 0 aromatic heterocycles. The molecule has 0 aliphatic carbocycles. The second-order valence-electron chi connectivity index (χ2n) is 9.20. The summed E-state index contributed by atoms with van der Waals surface area (Å²) in [6, 6.07) is 4.19. The van der Waals surface area contributed by atoms with Crippen LogP contribution in [0.2, 0.25) is 0 Å². The van der Waals surface area contributed by atoms with Crippen molar-refractivity contribution >= 4 is 36.4 Å². The van der Waals surface area contributed by atoms with Crippen LogP contribution in [0, 0.1) is 6.92 Å². The van der Waals surface area contributed by atoms with Gasteiger partial charge < -0.3 is 14.5 Å². The van der Waals surface area contributed by atoms with Crippen LogP contribution >= 0.6 is 0 Å². The predicted octanol–water partition coefficient (Wildman–Crippen LogP) is 2.09. The Kier molecular flexibility index (Phi) is 9.17. The van der Waals surface area contributed by atoms with Crippen LogP contribution in [0.3, 0.4) is 0 Å². The van der Waals surface area contributed by atoms with E-state index < -0.39 is 23.5 Å². The fourth-order valence-corrected chi connectivity index (χ4v) is 3.78. The van der Waals surface area contributed by atoms with Gasteiger partial charge in [0.25, 0.3) is 5.91 Å². The highest BCUT2D eigenvalue weighted by molar-refractivity contribution is 6.05. The Morgan fingerprint density at radius 2 is 1.79 bits per heavy atom. The van der Waals surface area contributed by atoms with Crippen molar-refractivity contribution in [3.8, 4) is 0 Å². The average Bonchev–Trinajstić information content (AvgIpc) is 2.78. The lowest BCUT2D eigenvalue weighted by Crippen LogP contribution is -2.50. The molecule has 1 atom stereocenters. The van der Waals surface area contributed by atoms with Crippen molar-refractivity contribution in [2.75, 3.05) is 31.1 Å². The van der Waals surface area contributed by atoms with Crippen molar-refractivity contribution in [1.29, 1.82) is 0 Å². The van der Waals surface area contributed by atoms with Gasteiger partial charge in [-0.2, -0.15) is 0 Å². The monoisotopic (exact) mass is 474 g/mol. The molecule has 10 heteroatoms. The molecule has 1 N–H and O–H groups in total. The first-order valence-electron chi connectivity index (χ1n) is 11.4. The minimum Gasteiger partial charge on any atom is -0.444 e. The first kappa shape index (κ1) is 26.8. The highest BCUT2D eigenvalue weighted by atomic mass is 16.6. The smallest absolute Gasteiger partial charge is 0.410 e. The van der Waals surface area contributed by atoms with Crippen LogP contribution in [-0.4, -0.2) is 78.3 Å². The standard InChI is InChI=1S/C24H34N4O6/c1-6-7-20(21(31)25-15-29)28(16-30)22(32)19-9-8-18(14-17(19)2)26-10-12-27(13-11-26)23(33)34-24(3,4)5/h8-9,14-16,20H,6-7,10-13H2,1-5H3,(H,25,29,31). The first-order chi connectivity index (χ1) is 16.0. The second kappa shape index (κ2) is 11.6. The summed E-state index contributed by atoms with van der Waals surface area (Å²) in [4.78, 5) is 64.6. The van der Waals surface area contributed by atoms with E-state index in [1.165, 1.54) is 0 Å². The van der Waals surface area contributed by atoms with Gasteiger partial charge >= 0.3 is 6.09 Å². The van der Waals surface area contributed by atoms with Crippen LogP contribution < -0.4 is 10.2 Å². The Morgan fingerprint density at radius 3 is 2.29 bits per heavy atom. The number of imide groups is 2. The third-order valence-corrected chi connectivity index (χ3v) is 5.49. The fraction of sp³-hybridized carbons (Fsp3) is 0.542. The van der Waals surface area contributed by atoms with Gasteiger partial charge in [0.1, 0.15) is 11.6 Å². The quantitative estimate of drug-likeness (QED) is 0.574. The summed E-state index contributed by atoms with van der Waals surface area (Å²) in [5.74, 6) is -1.30. The zero-order valence-electron chi connectivity index (χ0n) is 20.5. The summed E-state index contributed by atoms with van der Waals surface area (Å²) in [6.07, 6.45) is 1.01. The van der Waals surface area contributed by atoms with E-state index in [4.69, 9.17) is 4.74 Å². The average molecular weight is 475 g/mol. The lowest BCUT2D eigenvalue weighted by atomic mass is 10.0. The summed E-state index contributed by atoms with van der Waals surface area (Å²) in [5.41, 5.74) is 1.28. The molecule has 1 unspecified atom stereocenters. The van der Waals surface area contributed by atoms with E-state index in [1.54, 1.807) is 24.0 Å². The zero-order chi connectivity index (χ0) is 25.5. The molecule has 1 aromatic rings. The third kappa shape index (κ3) is 6.79. The Hall–Kier alpha value is -3.43. The van der Waals surface area contributed by atoms with Crippen molar-refractivity contribution in [1.82, 2.24) is 15.1 Å². The molecule has 0 bridgehead atoms. The maximum atomic E-state index is 13.1. The Morgan fingerprint density at radius 1 is 1.15 bits per heavy atom. The van der Waals surface area contributed by atoms with E-state index in [1.807, 2.05) is 39.1 Å². The van der Waals surface area contributed by atoms with Crippen molar-refractivity contribution in [3.05, 3.63) is 29.3 Å². The summed E-state index contributed by atoms with van der Waals surface area (Å²) in [7, 11) is 0. The van der Waals surface area contributed by atoms with E-state index in [-0.39, 0.29) is 18.9 Å². The van der Waals surface area contributed by atoms with E-state index in [0.29, 0.717) is 50.1 Å². The molecule has 1 aromatic carbocycles. The van der Waals surface area contributed by atoms with Crippen molar-refractivity contribution in [3.63, 3.8) is 0 Å². The van der Waals surface area contributed by atoms with E-state index in [9.17, 15) is 24.0 Å². The van der Waals surface area contributed by atoms with Crippen molar-refractivity contribution < 1.29 is 28.7 Å². The molecular formula is C24H34N4O6. The number of nitrogens with zero attached hydrogens (tertiary/aromatic N) is 3. The van der Waals surface area contributed by atoms with Gasteiger partial charge in [0.15, 0.2) is 0 Å². The summed E-state index contributed by atoms with van der Waals surface area (Å²) < 4.78 is 5.43. The number of nitrogens with one attached hydrogen (secondary N) is 1. The molecule has 0 radical (unpaired) electrons. The van der Waals surface area contributed by atoms with E-state index in [0.717, 1.165) is 10.6 Å². The minimum absolute atomic E-state index is 0.237. The van der Waals surface area contributed by atoms with Gasteiger partial charge in [-0.05, 0) is 57.9 Å². The highest BCUT2D eigenvalue weighted by Crippen LogP contribution is 2.23. The molecule has 1 aliphatic rings. The maximum Gasteiger partial charge on any atom is 0.410 e. The van der Waals surface area contributed by atoms with Gasteiger partial charge in [-0.1, -0.05) is 13.3 Å². The fourth-order valence-electron chi connectivity index (χ4n) is 3.78. The molecule has 34 heavy (non-hydrogen) atoms. The number of anilines is 1. The SMILES string of the molecule is CCCC(C(=O)NC=O)N(C=O)C(=O)c1ccc(N2CCN(C(=O)OC(C)(C)C)CC2)cc1C. The number of rotatable bonds is 8. The summed E-state index contributed by atoms with van der Waals surface area (Å²) in [5, 5.41) is 2.03. The van der Waals surface area contributed by atoms with Gasteiger partial charge in [-0.3, -0.25) is 29.4 Å². The molecule has 5 amide bonds. The molecule has 1 heterocycles. The summed E-state index contributed by atoms with van der Waals surface area (Å²) in [6.45, 7) is 11.3. The van der Waals surface area contributed by atoms with Gasteiger partial charge in [-0.25, -0.2) is 4.79 Å². The number of hydrogen-bond donors (Lipinski definition) is 1. The normalized spacial score (nSPS) is 14.7.